The highest BCUT2D eigenvalue weighted by molar-refractivity contribution is 6.05. The topological polar surface area (TPSA) is 93.3 Å². The number of hydrogen-bond acceptors (Lipinski definition) is 4. The highest BCUT2D eigenvalue weighted by Crippen LogP contribution is 2.37. The normalized spacial score (nSPS) is 17.1. The molecule has 0 spiro atoms. The van der Waals surface area contributed by atoms with E-state index in [0.29, 0.717) is 17.3 Å². The smallest absolute Gasteiger partial charge is 0.336 e. The van der Waals surface area contributed by atoms with Crippen LogP contribution < -0.4 is 0 Å². The molecule has 1 atom stereocenters. The van der Waals surface area contributed by atoms with Crippen LogP contribution in [0, 0.1) is 10.1 Å². The summed E-state index contributed by atoms with van der Waals surface area (Å²) in [5, 5.41) is 20.7. The number of aromatic carboxylic acids is 1. The summed E-state index contributed by atoms with van der Waals surface area (Å²) in [6, 6.07) is 4.17. The molecule has 1 N–H and O–H groups in total. The van der Waals surface area contributed by atoms with Crippen LogP contribution in [0.5, 0.6) is 0 Å². The fraction of sp³-hybridized carbons (Fsp3) is 0.286. The maximum atomic E-state index is 11.6. The van der Waals surface area contributed by atoms with Crippen LogP contribution in [-0.4, -0.2) is 21.0 Å². The van der Waals surface area contributed by atoms with Gasteiger partial charge in [-0.05, 0) is 30.4 Å². The van der Waals surface area contributed by atoms with Crippen molar-refractivity contribution in [2.45, 2.75) is 25.7 Å². The Hall–Kier alpha value is -2.50. The van der Waals surface area contributed by atoms with Crippen molar-refractivity contribution >= 4 is 22.6 Å². The van der Waals surface area contributed by atoms with Gasteiger partial charge >= 0.3 is 5.97 Å². The number of non-ortho nitro benzene ring substituents is 1. The number of nitro benzene ring substituents is 1. The summed E-state index contributed by atoms with van der Waals surface area (Å²) in [6.45, 7) is 2.02. The first kappa shape index (κ1) is 12.5. The third-order valence-corrected chi connectivity index (χ3v) is 3.82. The molecule has 1 unspecified atom stereocenters. The number of nitrogens with zero attached hydrogens (tertiary/aromatic N) is 2. The second kappa shape index (κ2) is 4.26. The largest absolute Gasteiger partial charge is 0.478 e. The molecule has 1 aromatic carbocycles. The van der Waals surface area contributed by atoms with Crippen molar-refractivity contribution in [3.8, 4) is 0 Å². The molecular weight excluding hydrogens is 260 g/mol. The number of aromatic nitrogens is 1. The number of pyridine rings is 1. The van der Waals surface area contributed by atoms with Crippen LogP contribution in [-0.2, 0) is 6.42 Å². The van der Waals surface area contributed by atoms with E-state index in [2.05, 4.69) is 4.98 Å². The van der Waals surface area contributed by atoms with Crippen LogP contribution in [0.25, 0.3) is 10.9 Å². The van der Waals surface area contributed by atoms with Crippen molar-refractivity contribution in [1.82, 2.24) is 4.98 Å². The molecule has 0 saturated carbocycles. The maximum absolute atomic E-state index is 11.6. The summed E-state index contributed by atoms with van der Waals surface area (Å²) in [4.78, 5) is 26.4. The molecule has 3 rings (SSSR count). The first-order valence-corrected chi connectivity index (χ1v) is 6.33. The van der Waals surface area contributed by atoms with Crippen molar-refractivity contribution < 1.29 is 14.8 Å². The zero-order chi connectivity index (χ0) is 14.4. The van der Waals surface area contributed by atoms with Gasteiger partial charge < -0.3 is 5.11 Å². The van der Waals surface area contributed by atoms with E-state index in [4.69, 9.17) is 0 Å². The molecule has 6 heteroatoms. The van der Waals surface area contributed by atoms with Crippen LogP contribution in [0.1, 0.15) is 40.9 Å². The van der Waals surface area contributed by atoms with E-state index < -0.39 is 10.9 Å². The molecule has 0 aliphatic heterocycles. The van der Waals surface area contributed by atoms with Crippen LogP contribution in [0.4, 0.5) is 5.69 Å². The molecule has 0 saturated heterocycles. The van der Waals surface area contributed by atoms with Crippen molar-refractivity contribution in [2.24, 2.45) is 0 Å². The molecule has 2 aromatic rings. The molecule has 0 bridgehead atoms. The van der Waals surface area contributed by atoms with Crippen LogP contribution in [0.2, 0.25) is 0 Å². The number of fused-ring (bicyclic) bond motifs is 2. The number of carboxylic acids is 1. The van der Waals surface area contributed by atoms with Gasteiger partial charge in [0, 0.05) is 23.2 Å². The zero-order valence-corrected chi connectivity index (χ0v) is 10.8. The fourth-order valence-electron chi connectivity index (χ4n) is 2.83. The van der Waals surface area contributed by atoms with E-state index in [1.807, 2.05) is 6.92 Å². The molecule has 20 heavy (non-hydrogen) atoms. The Morgan fingerprint density at radius 2 is 2.25 bits per heavy atom. The summed E-state index contributed by atoms with van der Waals surface area (Å²) < 4.78 is 0. The standard InChI is InChI=1S/C14H12N2O4/c1-7-2-4-9-12(14(17)18)10-6-8(16(19)20)3-5-11(10)15-13(7)9/h3,5-7H,2,4H2,1H3,(H,17,18). The van der Waals surface area contributed by atoms with Crippen molar-refractivity contribution in [3.63, 3.8) is 0 Å². The SMILES string of the molecule is CC1CCc2c1nc1ccc([N+](=O)[O-])cc1c2C(=O)O. The Morgan fingerprint density at radius 1 is 1.50 bits per heavy atom. The van der Waals surface area contributed by atoms with Crippen molar-refractivity contribution in [3.05, 3.63) is 45.1 Å². The van der Waals surface area contributed by atoms with E-state index in [1.54, 1.807) is 0 Å². The van der Waals surface area contributed by atoms with Gasteiger partial charge in [-0.25, -0.2) is 4.79 Å². The van der Waals surface area contributed by atoms with E-state index in [-0.39, 0.29) is 17.2 Å². The minimum atomic E-state index is -1.05. The van der Waals surface area contributed by atoms with Crippen LogP contribution in [0.3, 0.4) is 0 Å². The number of nitro groups is 1. The Labute approximate surface area is 114 Å². The molecule has 1 aromatic heterocycles. The lowest BCUT2D eigenvalue weighted by molar-refractivity contribution is -0.384. The fourth-order valence-corrected chi connectivity index (χ4v) is 2.83. The average molecular weight is 272 g/mol. The highest BCUT2D eigenvalue weighted by atomic mass is 16.6. The molecule has 0 amide bonds. The zero-order valence-electron chi connectivity index (χ0n) is 10.8. The predicted molar refractivity (Wildman–Crippen MR) is 72.1 cm³/mol. The van der Waals surface area contributed by atoms with E-state index in [1.165, 1.54) is 18.2 Å². The summed E-state index contributed by atoms with van der Waals surface area (Å²) in [5.74, 6) is -0.828. The summed E-state index contributed by atoms with van der Waals surface area (Å²) in [6.07, 6.45) is 1.52. The maximum Gasteiger partial charge on any atom is 0.336 e. The van der Waals surface area contributed by atoms with Gasteiger partial charge in [0.1, 0.15) is 0 Å². The van der Waals surface area contributed by atoms with Gasteiger partial charge in [0.25, 0.3) is 5.69 Å². The lowest BCUT2D eigenvalue weighted by Crippen LogP contribution is -2.06. The molecule has 1 heterocycles. The van der Waals surface area contributed by atoms with E-state index >= 15 is 0 Å². The quantitative estimate of drug-likeness (QED) is 0.670. The molecular formula is C14H12N2O4. The highest BCUT2D eigenvalue weighted by Gasteiger charge is 2.28. The summed E-state index contributed by atoms with van der Waals surface area (Å²) in [7, 11) is 0. The first-order valence-electron chi connectivity index (χ1n) is 6.33. The molecule has 1 aliphatic rings. The Balaban J connectivity index is 2.40. The molecule has 0 radical (unpaired) electrons. The Morgan fingerprint density at radius 3 is 2.90 bits per heavy atom. The predicted octanol–water partition coefficient (Wildman–Crippen LogP) is 2.89. The third-order valence-electron chi connectivity index (χ3n) is 3.82. The molecule has 6 nitrogen and oxygen atoms in total. The van der Waals surface area contributed by atoms with E-state index in [0.717, 1.165) is 17.7 Å². The van der Waals surface area contributed by atoms with Gasteiger partial charge in [-0.15, -0.1) is 0 Å². The van der Waals surface area contributed by atoms with Gasteiger partial charge in [0.05, 0.1) is 16.0 Å². The van der Waals surface area contributed by atoms with Gasteiger partial charge in [0.2, 0.25) is 0 Å². The van der Waals surface area contributed by atoms with Gasteiger partial charge in [-0.1, -0.05) is 6.92 Å². The van der Waals surface area contributed by atoms with Gasteiger partial charge in [-0.2, -0.15) is 0 Å². The van der Waals surface area contributed by atoms with Crippen molar-refractivity contribution in [2.75, 3.05) is 0 Å². The minimum Gasteiger partial charge on any atom is -0.478 e. The third kappa shape index (κ3) is 1.72. The molecule has 0 fully saturated rings. The van der Waals surface area contributed by atoms with Crippen LogP contribution >= 0.6 is 0 Å². The second-order valence-electron chi connectivity index (χ2n) is 5.05. The number of rotatable bonds is 2. The van der Waals surface area contributed by atoms with Gasteiger partial charge in [0.15, 0.2) is 0 Å². The first-order chi connectivity index (χ1) is 9.49. The molecule has 1 aliphatic carbocycles. The monoisotopic (exact) mass is 272 g/mol. The van der Waals surface area contributed by atoms with Gasteiger partial charge in [-0.3, -0.25) is 15.1 Å². The molecule has 102 valence electrons. The summed E-state index contributed by atoms with van der Waals surface area (Å²) >= 11 is 0. The lowest BCUT2D eigenvalue weighted by atomic mass is 10.00. The number of benzene rings is 1. The van der Waals surface area contributed by atoms with Crippen LogP contribution in [0.15, 0.2) is 18.2 Å². The lowest BCUT2D eigenvalue weighted by Gasteiger charge is -2.10. The second-order valence-corrected chi connectivity index (χ2v) is 5.05. The number of carbonyl (C=O) groups is 1. The van der Waals surface area contributed by atoms with Crippen molar-refractivity contribution in [1.29, 1.82) is 0 Å². The average Bonchev–Trinajstić information content (AvgIpc) is 2.76. The number of carboxylic acid groups (broad SMARTS) is 1. The minimum absolute atomic E-state index is 0.118. The Kier molecular flexibility index (Phi) is 2.67. The summed E-state index contributed by atoms with van der Waals surface area (Å²) in [5.41, 5.74) is 2.08. The number of hydrogen-bond donors (Lipinski definition) is 1. The Bertz CT molecular complexity index is 754. The van der Waals surface area contributed by atoms with E-state index in [9.17, 15) is 20.0 Å².